The molecule has 4 heteroatoms. The third-order valence-corrected chi connectivity index (χ3v) is 4.41. The third-order valence-electron chi connectivity index (χ3n) is 4.41. The van der Waals surface area contributed by atoms with Crippen LogP contribution in [0, 0.1) is 5.41 Å². The molecule has 116 valence electrons. The van der Waals surface area contributed by atoms with Gasteiger partial charge in [-0.25, -0.2) is 4.79 Å². The summed E-state index contributed by atoms with van der Waals surface area (Å²) < 4.78 is 0. The first-order valence-corrected chi connectivity index (χ1v) is 7.67. The lowest BCUT2D eigenvalue weighted by Crippen LogP contribution is -2.48. The zero-order chi connectivity index (χ0) is 15.3. The highest BCUT2D eigenvalue weighted by atomic mass is 16.3. The number of benzene rings is 1. The fraction of sp³-hybridized carbons (Fsp3) is 0.588. The van der Waals surface area contributed by atoms with E-state index in [9.17, 15) is 9.90 Å². The highest BCUT2D eigenvalue weighted by Crippen LogP contribution is 2.39. The summed E-state index contributed by atoms with van der Waals surface area (Å²) in [7, 11) is 0. The van der Waals surface area contributed by atoms with Crippen molar-refractivity contribution in [3.63, 3.8) is 0 Å². The fourth-order valence-corrected chi connectivity index (χ4v) is 2.65. The summed E-state index contributed by atoms with van der Waals surface area (Å²) in [6.45, 7) is 5.28. The number of carbonyl (C=O) groups is 1. The van der Waals surface area contributed by atoms with E-state index >= 15 is 0 Å². The molecule has 1 fully saturated rings. The Balaban J connectivity index is 1.71. The zero-order valence-corrected chi connectivity index (χ0v) is 13.0. The molecule has 0 bridgehead atoms. The lowest BCUT2D eigenvalue weighted by Gasteiger charge is -2.40. The Morgan fingerprint density at radius 2 is 1.71 bits per heavy atom. The average molecular weight is 290 g/mol. The molecule has 0 spiro atoms. The normalized spacial score (nSPS) is 19.8. The first kappa shape index (κ1) is 15.8. The van der Waals surface area contributed by atoms with Crippen LogP contribution < -0.4 is 10.6 Å². The number of hydrogen-bond acceptors (Lipinski definition) is 2. The van der Waals surface area contributed by atoms with Crippen molar-refractivity contribution in [1.82, 2.24) is 10.6 Å². The minimum Gasteiger partial charge on any atom is -0.388 e. The van der Waals surface area contributed by atoms with Gasteiger partial charge in [0.05, 0.1) is 5.60 Å². The first-order chi connectivity index (χ1) is 9.89. The lowest BCUT2D eigenvalue weighted by molar-refractivity contribution is -0.0223. The molecule has 2 rings (SSSR count). The summed E-state index contributed by atoms with van der Waals surface area (Å²) in [5.74, 6) is 0. The summed E-state index contributed by atoms with van der Waals surface area (Å²) in [5, 5.41) is 16.1. The van der Waals surface area contributed by atoms with E-state index in [2.05, 4.69) is 24.5 Å². The van der Waals surface area contributed by atoms with Crippen molar-refractivity contribution in [2.75, 3.05) is 6.54 Å². The predicted molar refractivity (Wildman–Crippen MR) is 83.9 cm³/mol. The quantitative estimate of drug-likeness (QED) is 0.798. The second-order valence-corrected chi connectivity index (χ2v) is 6.91. The van der Waals surface area contributed by atoms with E-state index in [1.165, 1.54) is 0 Å². The van der Waals surface area contributed by atoms with Crippen molar-refractivity contribution >= 4 is 6.03 Å². The van der Waals surface area contributed by atoms with Crippen LogP contribution in [-0.4, -0.2) is 23.3 Å². The van der Waals surface area contributed by atoms with Gasteiger partial charge in [0.25, 0.3) is 0 Å². The molecule has 3 N–H and O–H groups in total. The van der Waals surface area contributed by atoms with Crippen LogP contribution in [0.3, 0.4) is 0 Å². The summed E-state index contributed by atoms with van der Waals surface area (Å²) in [5.41, 5.74) is 0.618. The predicted octanol–water partition coefficient (Wildman–Crippen LogP) is 2.82. The third kappa shape index (κ3) is 5.05. The monoisotopic (exact) mass is 290 g/mol. The average Bonchev–Trinajstić information content (AvgIpc) is 2.48. The van der Waals surface area contributed by atoms with Gasteiger partial charge in [0.15, 0.2) is 0 Å². The summed E-state index contributed by atoms with van der Waals surface area (Å²) in [6.07, 6.45) is 3.49. The van der Waals surface area contributed by atoms with Crippen LogP contribution in [0.5, 0.6) is 0 Å². The van der Waals surface area contributed by atoms with Gasteiger partial charge in [-0.3, -0.25) is 0 Å². The van der Waals surface area contributed by atoms with Crippen molar-refractivity contribution in [3.05, 3.63) is 35.9 Å². The Bertz CT molecular complexity index is 461. The van der Waals surface area contributed by atoms with Crippen LogP contribution in [0.2, 0.25) is 0 Å². The Kier molecular flexibility index (Phi) is 4.88. The van der Waals surface area contributed by atoms with Crippen molar-refractivity contribution < 1.29 is 9.90 Å². The van der Waals surface area contributed by atoms with Gasteiger partial charge in [-0.15, -0.1) is 0 Å². The molecule has 1 aliphatic carbocycles. The largest absolute Gasteiger partial charge is 0.388 e. The van der Waals surface area contributed by atoms with E-state index in [1.54, 1.807) is 0 Å². The van der Waals surface area contributed by atoms with Gasteiger partial charge in [0.1, 0.15) is 0 Å². The molecule has 1 saturated carbocycles. The molecule has 21 heavy (non-hydrogen) atoms. The van der Waals surface area contributed by atoms with E-state index in [1.807, 2.05) is 30.3 Å². The maximum absolute atomic E-state index is 11.8. The van der Waals surface area contributed by atoms with Gasteiger partial charge in [-0.1, -0.05) is 44.2 Å². The smallest absolute Gasteiger partial charge is 0.315 e. The highest BCUT2D eigenvalue weighted by Gasteiger charge is 2.36. The van der Waals surface area contributed by atoms with Crippen molar-refractivity contribution in [2.24, 2.45) is 5.41 Å². The van der Waals surface area contributed by atoms with Gasteiger partial charge in [-0.05, 0) is 36.7 Å². The Morgan fingerprint density at radius 3 is 2.33 bits per heavy atom. The minimum atomic E-state index is -0.750. The maximum Gasteiger partial charge on any atom is 0.315 e. The second kappa shape index (κ2) is 6.48. The second-order valence-electron chi connectivity index (χ2n) is 6.91. The van der Waals surface area contributed by atoms with Gasteiger partial charge in [-0.2, -0.15) is 0 Å². The van der Waals surface area contributed by atoms with Crippen LogP contribution in [0.25, 0.3) is 0 Å². The van der Waals surface area contributed by atoms with Crippen LogP contribution in [-0.2, 0) is 6.54 Å². The van der Waals surface area contributed by atoms with E-state index in [4.69, 9.17) is 0 Å². The van der Waals surface area contributed by atoms with Crippen LogP contribution in [0.15, 0.2) is 30.3 Å². The standard InChI is InChI=1S/C17H26N2O2/c1-16(2)8-10-17(21,11-9-16)13-19-15(20)18-12-14-6-4-3-5-7-14/h3-7,21H,8-13H2,1-2H3,(H2,18,19,20). The molecular weight excluding hydrogens is 264 g/mol. The molecule has 1 aliphatic rings. The molecule has 4 nitrogen and oxygen atoms in total. The Hall–Kier alpha value is -1.55. The molecular formula is C17H26N2O2. The van der Waals surface area contributed by atoms with Crippen LogP contribution in [0.1, 0.15) is 45.1 Å². The molecule has 1 aromatic rings. The number of rotatable bonds is 4. The molecule has 0 heterocycles. The van der Waals surface area contributed by atoms with E-state index in [0.717, 1.165) is 31.2 Å². The molecule has 1 aromatic carbocycles. The maximum atomic E-state index is 11.8. The number of aliphatic hydroxyl groups is 1. The number of nitrogens with one attached hydrogen (secondary N) is 2. The SMILES string of the molecule is CC1(C)CCC(O)(CNC(=O)NCc2ccccc2)CC1. The number of urea groups is 1. The molecule has 0 saturated heterocycles. The van der Waals surface area contributed by atoms with E-state index in [-0.39, 0.29) is 6.03 Å². The first-order valence-electron chi connectivity index (χ1n) is 7.67. The van der Waals surface area contributed by atoms with Crippen molar-refractivity contribution in [1.29, 1.82) is 0 Å². The van der Waals surface area contributed by atoms with Gasteiger partial charge in [0, 0.05) is 13.1 Å². The molecule has 2 amide bonds. The number of amides is 2. The Labute approximate surface area is 126 Å². The molecule has 0 unspecified atom stereocenters. The number of hydrogen-bond donors (Lipinski definition) is 3. The van der Waals surface area contributed by atoms with Gasteiger partial charge in [0.2, 0.25) is 0 Å². The van der Waals surface area contributed by atoms with Crippen molar-refractivity contribution in [2.45, 2.75) is 51.7 Å². The lowest BCUT2D eigenvalue weighted by atomic mass is 9.71. The van der Waals surface area contributed by atoms with Crippen LogP contribution in [0.4, 0.5) is 4.79 Å². The van der Waals surface area contributed by atoms with Crippen molar-refractivity contribution in [3.8, 4) is 0 Å². The number of carbonyl (C=O) groups excluding carboxylic acids is 1. The summed E-state index contributed by atoms with van der Waals surface area (Å²) in [4.78, 5) is 11.8. The highest BCUT2D eigenvalue weighted by molar-refractivity contribution is 5.73. The summed E-state index contributed by atoms with van der Waals surface area (Å²) >= 11 is 0. The van der Waals surface area contributed by atoms with Gasteiger partial charge >= 0.3 is 6.03 Å². The van der Waals surface area contributed by atoms with E-state index < -0.39 is 5.60 Å². The minimum absolute atomic E-state index is 0.225. The van der Waals surface area contributed by atoms with E-state index in [0.29, 0.717) is 18.5 Å². The molecule has 0 aromatic heterocycles. The molecule has 0 atom stereocenters. The van der Waals surface area contributed by atoms with Gasteiger partial charge < -0.3 is 15.7 Å². The van der Waals surface area contributed by atoms with Crippen LogP contribution >= 0.6 is 0 Å². The summed E-state index contributed by atoms with van der Waals surface area (Å²) in [6, 6.07) is 9.55. The fourth-order valence-electron chi connectivity index (χ4n) is 2.65. The zero-order valence-electron chi connectivity index (χ0n) is 13.0. The molecule has 0 aliphatic heterocycles. The topological polar surface area (TPSA) is 61.4 Å². The molecule has 0 radical (unpaired) electrons. The Morgan fingerprint density at radius 1 is 1.10 bits per heavy atom.